The minimum Gasteiger partial charge on any atom is -0.457 e. The minimum absolute atomic E-state index is 0.0141. The first kappa shape index (κ1) is 18.4. The van der Waals surface area contributed by atoms with Crippen LogP contribution in [0.2, 0.25) is 0 Å². The highest BCUT2D eigenvalue weighted by Gasteiger charge is 2.38. The van der Waals surface area contributed by atoms with Crippen molar-refractivity contribution in [1.82, 2.24) is 4.98 Å². The fourth-order valence-electron chi connectivity index (χ4n) is 3.07. The molecule has 1 saturated heterocycles. The van der Waals surface area contributed by atoms with Gasteiger partial charge in [-0.15, -0.1) is 0 Å². The summed E-state index contributed by atoms with van der Waals surface area (Å²) < 4.78 is 5.30. The second-order valence-corrected chi connectivity index (χ2v) is 6.42. The number of carbonyl (C=O) groups excluding carboxylic acids is 3. The maximum atomic E-state index is 12.8. The molecule has 1 aromatic heterocycles. The van der Waals surface area contributed by atoms with Gasteiger partial charge in [0, 0.05) is 18.1 Å². The van der Waals surface area contributed by atoms with E-state index in [1.807, 2.05) is 18.2 Å². The number of rotatable bonds is 5. The van der Waals surface area contributed by atoms with Gasteiger partial charge in [-0.3, -0.25) is 14.7 Å². The third kappa shape index (κ3) is 3.84. The van der Waals surface area contributed by atoms with Crippen molar-refractivity contribution < 1.29 is 19.1 Å². The molecule has 0 N–H and O–H groups in total. The third-order valence-corrected chi connectivity index (χ3v) is 4.47. The predicted molar refractivity (Wildman–Crippen MR) is 106 cm³/mol. The summed E-state index contributed by atoms with van der Waals surface area (Å²) in [6.07, 6.45) is 3.00. The number of pyridine rings is 1. The topological polar surface area (TPSA) is 79.8 Å². The number of para-hydroxylation sites is 1. The number of aromatic nitrogens is 1. The molecule has 1 aliphatic rings. The number of amides is 3. The lowest BCUT2D eigenvalue weighted by molar-refractivity contribution is -0.115. The smallest absolute Gasteiger partial charge is 0.340 e. The first-order valence-corrected chi connectivity index (χ1v) is 8.99. The van der Waals surface area contributed by atoms with Crippen LogP contribution in [0.3, 0.4) is 0 Å². The van der Waals surface area contributed by atoms with Gasteiger partial charge in [-0.1, -0.05) is 30.3 Å². The highest BCUT2D eigenvalue weighted by molar-refractivity contribution is 6.26. The van der Waals surface area contributed by atoms with E-state index in [0.29, 0.717) is 22.5 Å². The molecular weight excluding hydrogens is 370 g/mol. The molecular formula is C22H17N3O4. The van der Waals surface area contributed by atoms with Gasteiger partial charge in [-0.05, 0) is 42.0 Å². The lowest BCUT2D eigenvalue weighted by Crippen LogP contribution is -2.33. The molecule has 0 spiro atoms. The van der Waals surface area contributed by atoms with Crippen LogP contribution in [0, 0.1) is 0 Å². The first-order valence-electron chi connectivity index (χ1n) is 8.99. The molecule has 3 aromatic rings. The summed E-state index contributed by atoms with van der Waals surface area (Å²) in [6, 6.07) is 18.7. The van der Waals surface area contributed by atoms with E-state index in [4.69, 9.17) is 4.74 Å². The van der Waals surface area contributed by atoms with Crippen molar-refractivity contribution >= 4 is 29.3 Å². The summed E-state index contributed by atoms with van der Waals surface area (Å²) in [4.78, 5) is 43.9. The van der Waals surface area contributed by atoms with Gasteiger partial charge >= 0.3 is 12.0 Å². The van der Waals surface area contributed by atoms with Gasteiger partial charge in [0.1, 0.15) is 13.2 Å². The molecule has 0 unspecified atom stereocenters. The minimum atomic E-state index is -0.493. The first-order chi connectivity index (χ1) is 14.1. The van der Waals surface area contributed by atoms with Crippen LogP contribution >= 0.6 is 0 Å². The molecule has 2 aromatic carbocycles. The normalized spacial score (nSPS) is 13.7. The van der Waals surface area contributed by atoms with Crippen molar-refractivity contribution in [2.75, 3.05) is 16.3 Å². The number of ether oxygens (including phenoxy) is 1. The molecule has 2 heterocycles. The Labute approximate surface area is 167 Å². The van der Waals surface area contributed by atoms with E-state index >= 15 is 0 Å². The van der Waals surface area contributed by atoms with Crippen molar-refractivity contribution in [3.05, 3.63) is 90.3 Å². The van der Waals surface area contributed by atoms with Gasteiger partial charge in [-0.25, -0.2) is 14.5 Å². The number of nitrogens with zero attached hydrogens (tertiary/aromatic N) is 3. The van der Waals surface area contributed by atoms with Crippen molar-refractivity contribution in [1.29, 1.82) is 0 Å². The number of hydrogen-bond acceptors (Lipinski definition) is 5. The Hall–Kier alpha value is -4.00. The van der Waals surface area contributed by atoms with Crippen LogP contribution < -0.4 is 9.80 Å². The molecule has 7 heteroatoms. The monoisotopic (exact) mass is 387 g/mol. The molecule has 0 saturated carbocycles. The van der Waals surface area contributed by atoms with E-state index in [2.05, 4.69) is 4.98 Å². The van der Waals surface area contributed by atoms with Gasteiger partial charge in [-0.2, -0.15) is 0 Å². The van der Waals surface area contributed by atoms with Crippen LogP contribution in [0.4, 0.5) is 16.2 Å². The highest BCUT2D eigenvalue weighted by Crippen LogP contribution is 2.26. The Kier molecular flexibility index (Phi) is 5.03. The Morgan fingerprint density at radius 3 is 2.52 bits per heavy atom. The number of carbonyl (C=O) groups is 3. The lowest BCUT2D eigenvalue weighted by atomic mass is 10.2. The maximum absolute atomic E-state index is 12.8. The number of urea groups is 1. The summed E-state index contributed by atoms with van der Waals surface area (Å²) >= 11 is 0. The Balaban J connectivity index is 1.49. The lowest BCUT2D eigenvalue weighted by Gasteiger charge is -2.17. The van der Waals surface area contributed by atoms with Gasteiger partial charge < -0.3 is 4.74 Å². The number of esters is 1. The Morgan fingerprint density at radius 1 is 0.966 bits per heavy atom. The molecule has 0 aliphatic carbocycles. The zero-order chi connectivity index (χ0) is 20.2. The maximum Gasteiger partial charge on any atom is 0.340 e. The Bertz CT molecular complexity index is 1050. The summed E-state index contributed by atoms with van der Waals surface area (Å²) in [6.45, 7) is -0.0107. The predicted octanol–water partition coefficient (Wildman–Crippen LogP) is 3.41. The zero-order valence-corrected chi connectivity index (χ0v) is 15.4. The number of anilines is 2. The summed E-state index contributed by atoms with van der Waals surface area (Å²) in [5.41, 5.74) is 2.12. The third-order valence-electron chi connectivity index (χ3n) is 4.47. The highest BCUT2D eigenvalue weighted by atomic mass is 16.5. The van der Waals surface area contributed by atoms with Crippen LogP contribution in [-0.2, 0) is 16.1 Å². The van der Waals surface area contributed by atoms with Gasteiger partial charge in [0.15, 0.2) is 0 Å². The van der Waals surface area contributed by atoms with Crippen LogP contribution in [0.15, 0.2) is 79.1 Å². The summed E-state index contributed by atoms with van der Waals surface area (Å²) in [7, 11) is 0. The number of imide groups is 1. The molecule has 1 fully saturated rings. The van der Waals surface area contributed by atoms with Crippen LogP contribution in [0.5, 0.6) is 0 Å². The molecule has 0 radical (unpaired) electrons. The van der Waals surface area contributed by atoms with Gasteiger partial charge in [0.25, 0.3) is 5.91 Å². The fourth-order valence-corrected chi connectivity index (χ4v) is 3.07. The van der Waals surface area contributed by atoms with E-state index in [1.54, 1.807) is 54.7 Å². The molecule has 144 valence electrons. The molecule has 4 rings (SSSR count). The summed E-state index contributed by atoms with van der Waals surface area (Å²) in [5, 5.41) is 0. The second kappa shape index (κ2) is 7.93. The van der Waals surface area contributed by atoms with Gasteiger partial charge in [0.2, 0.25) is 0 Å². The van der Waals surface area contributed by atoms with Crippen molar-refractivity contribution in [2.24, 2.45) is 0 Å². The van der Waals surface area contributed by atoms with Gasteiger partial charge in [0.05, 0.1) is 11.3 Å². The molecule has 7 nitrogen and oxygen atoms in total. The Morgan fingerprint density at radius 2 is 1.76 bits per heavy atom. The van der Waals surface area contributed by atoms with E-state index in [1.165, 1.54) is 11.1 Å². The molecule has 0 bridgehead atoms. The summed E-state index contributed by atoms with van der Waals surface area (Å²) in [5.74, 6) is -0.810. The zero-order valence-electron chi connectivity index (χ0n) is 15.4. The molecule has 3 amide bonds. The van der Waals surface area contributed by atoms with Crippen LogP contribution in [0.25, 0.3) is 0 Å². The quantitative estimate of drug-likeness (QED) is 0.495. The standard InChI is InChI=1S/C22H17N3O4/c26-20-14-24(18-8-2-1-3-9-18)22(28)25(20)19-10-4-6-16(12-19)15-29-21(27)17-7-5-11-23-13-17/h1-13H,14-15H2. The molecule has 29 heavy (non-hydrogen) atoms. The van der Waals surface area contributed by atoms with Crippen molar-refractivity contribution in [2.45, 2.75) is 6.61 Å². The average molecular weight is 387 g/mol. The average Bonchev–Trinajstić information content (AvgIpc) is 3.07. The number of hydrogen-bond donors (Lipinski definition) is 0. The van der Waals surface area contributed by atoms with Crippen LogP contribution in [-0.4, -0.2) is 29.4 Å². The second-order valence-electron chi connectivity index (χ2n) is 6.42. The fraction of sp³-hybridized carbons (Fsp3) is 0.0909. The van der Waals surface area contributed by atoms with E-state index < -0.39 is 12.0 Å². The van der Waals surface area contributed by atoms with Crippen molar-refractivity contribution in [3.8, 4) is 0 Å². The van der Waals surface area contributed by atoms with Crippen molar-refractivity contribution in [3.63, 3.8) is 0 Å². The van der Waals surface area contributed by atoms with E-state index in [0.717, 1.165) is 4.90 Å². The number of benzene rings is 2. The molecule has 0 atom stereocenters. The van der Waals surface area contributed by atoms with E-state index in [9.17, 15) is 14.4 Å². The van der Waals surface area contributed by atoms with Crippen LogP contribution in [0.1, 0.15) is 15.9 Å². The van der Waals surface area contributed by atoms with E-state index in [-0.39, 0.29) is 19.1 Å². The molecule has 1 aliphatic heterocycles. The largest absolute Gasteiger partial charge is 0.457 e. The SMILES string of the molecule is O=C(OCc1cccc(N2C(=O)CN(c3ccccc3)C2=O)c1)c1cccnc1.